The van der Waals surface area contributed by atoms with Crippen LogP contribution in [0.3, 0.4) is 0 Å². The molecule has 1 unspecified atom stereocenters. The fraction of sp³-hybridized carbons (Fsp3) is 0.750. The summed E-state index contributed by atoms with van der Waals surface area (Å²) in [6.07, 6.45) is 4.81. The molecule has 0 radical (unpaired) electrons. The van der Waals surface area contributed by atoms with E-state index in [0.717, 1.165) is 19.4 Å². The Balaban J connectivity index is 2.14. The van der Waals surface area contributed by atoms with Gasteiger partial charge in [-0.2, -0.15) is 0 Å². The van der Waals surface area contributed by atoms with Crippen molar-refractivity contribution in [3.63, 3.8) is 0 Å². The normalized spacial score (nSPS) is 27.5. The molecule has 2 N–H and O–H groups in total. The van der Waals surface area contributed by atoms with Gasteiger partial charge >= 0.3 is 0 Å². The van der Waals surface area contributed by atoms with E-state index in [4.69, 9.17) is 10.7 Å². The van der Waals surface area contributed by atoms with Crippen LogP contribution >= 0.6 is 0 Å². The van der Waals surface area contributed by atoms with E-state index in [9.17, 15) is 0 Å². The van der Waals surface area contributed by atoms with Crippen molar-refractivity contribution in [1.29, 1.82) is 0 Å². The zero-order valence-corrected chi connectivity index (χ0v) is 9.58. The van der Waals surface area contributed by atoms with E-state index in [1.807, 2.05) is 0 Å². The molecule has 1 aliphatic carbocycles. The summed E-state index contributed by atoms with van der Waals surface area (Å²) in [6.45, 7) is 5.51. The molecule has 0 amide bonds. The zero-order valence-electron chi connectivity index (χ0n) is 9.58. The molecule has 0 aromatic carbocycles. The minimum atomic E-state index is -0.0353. The number of nitrogens with zero attached hydrogens (tertiary/aromatic N) is 2. The van der Waals surface area contributed by atoms with Crippen LogP contribution in [0.5, 0.6) is 0 Å². The molecule has 3 heteroatoms. The van der Waals surface area contributed by atoms with E-state index in [1.54, 1.807) is 0 Å². The van der Waals surface area contributed by atoms with Crippen LogP contribution in [0.15, 0.2) is 0 Å². The third-order valence-corrected chi connectivity index (χ3v) is 3.89. The molecule has 1 atom stereocenters. The Labute approximate surface area is 90.7 Å². The van der Waals surface area contributed by atoms with Crippen LogP contribution in [0.25, 0.3) is 0 Å². The number of imidazole rings is 1. The highest BCUT2D eigenvalue weighted by molar-refractivity contribution is 5.31. The van der Waals surface area contributed by atoms with E-state index in [-0.39, 0.29) is 5.54 Å². The van der Waals surface area contributed by atoms with Gasteiger partial charge in [-0.25, -0.2) is 4.98 Å². The first-order chi connectivity index (χ1) is 7.12. The molecule has 0 bridgehead atoms. The van der Waals surface area contributed by atoms with E-state index in [1.165, 1.54) is 30.1 Å². The van der Waals surface area contributed by atoms with Crippen LogP contribution in [0.1, 0.15) is 55.7 Å². The maximum atomic E-state index is 6.32. The molecule has 2 aliphatic rings. The first kappa shape index (κ1) is 9.40. The van der Waals surface area contributed by atoms with Crippen molar-refractivity contribution < 1.29 is 0 Å². The number of aromatic nitrogens is 2. The lowest BCUT2D eigenvalue weighted by Crippen LogP contribution is -2.26. The van der Waals surface area contributed by atoms with Crippen molar-refractivity contribution in [3.8, 4) is 0 Å². The number of hydrogen-bond acceptors (Lipinski definition) is 2. The van der Waals surface area contributed by atoms with E-state index in [0.29, 0.717) is 5.92 Å². The molecule has 3 nitrogen and oxygen atoms in total. The van der Waals surface area contributed by atoms with Gasteiger partial charge in [-0.1, -0.05) is 6.92 Å². The topological polar surface area (TPSA) is 43.8 Å². The fourth-order valence-corrected chi connectivity index (χ4v) is 2.88. The Morgan fingerprint density at radius 3 is 2.87 bits per heavy atom. The Hall–Kier alpha value is -0.830. The smallest absolute Gasteiger partial charge is 0.112 e. The van der Waals surface area contributed by atoms with Crippen LogP contribution < -0.4 is 5.73 Å². The third-order valence-electron chi connectivity index (χ3n) is 3.89. The largest absolute Gasteiger partial charge is 0.330 e. The minimum Gasteiger partial charge on any atom is -0.330 e. The van der Waals surface area contributed by atoms with Gasteiger partial charge in [0.05, 0.1) is 16.9 Å². The van der Waals surface area contributed by atoms with Crippen molar-refractivity contribution in [3.05, 3.63) is 17.2 Å². The van der Waals surface area contributed by atoms with Gasteiger partial charge in [0.2, 0.25) is 0 Å². The molecule has 2 heterocycles. The summed E-state index contributed by atoms with van der Waals surface area (Å²) in [5.41, 5.74) is 8.78. The van der Waals surface area contributed by atoms with Crippen molar-refractivity contribution in [2.24, 2.45) is 5.73 Å². The molecule has 0 spiro atoms. The second-order valence-corrected chi connectivity index (χ2v) is 5.26. The van der Waals surface area contributed by atoms with Crippen molar-refractivity contribution in [2.45, 2.75) is 57.5 Å². The molecule has 1 aromatic heterocycles. The number of rotatable bonds is 1. The summed E-state index contributed by atoms with van der Waals surface area (Å²) in [5, 5.41) is 0. The van der Waals surface area contributed by atoms with Gasteiger partial charge in [-0.05, 0) is 32.6 Å². The summed E-state index contributed by atoms with van der Waals surface area (Å²) >= 11 is 0. The zero-order chi connectivity index (χ0) is 10.6. The summed E-state index contributed by atoms with van der Waals surface area (Å²) < 4.78 is 2.40. The van der Waals surface area contributed by atoms with Gasteiger partial charge in [-0.15, -0.1) is 0 Å². The average molecular weight is 205 g/mol. The second-order valence-electron chi connectivity index (χ2n) is 5.26. The molecule has 1 saturated carbocycles. The van der Waals surface area contributed by atoms with Gasteiger partial charge in [0.25, 0.3) is 0 Å². The Bertz CT molecular complexity index is 401. The highest BCUT2D eigenvalue weighted by Gasteiger charge is 2.45. The van der Waals surface area contributed by atoms with Crippen molar-refractivity contribution >= 4 is 0 Å². The van der Waals surface area contributed by atoms with Gasteiger partial charge in [0.1, 0.15) is 5.82 Å². The molecule has 0 saturated heterocycles. The molecule has 15 heavy (non-hydrogen) atoms. The standard InChI is InChI=1S/C12H19N3/c1-8-4-3-7-15-10(12(13)5-6-12)9(2)14-11(8)15/h8H,3-7,13H2,1-2H3. The van der Waals surface area contributed by atoms with Gasteiger partial charge in [-0.3, -0.25) is 0 Å². The fourth-order valence-electron chi connectivity index (χ4n) is 2.88. The van der Waals surface area contributed by atoms with E-state index < -0.39 is 0 Å². The highest BCUT2D eigenvalue weighted by Crippen LogP contribution is 2.45. The van der Waals surface area contributed by atoms with Crippen molar-refractivity contribution in [2.75, 3.05) is 0 Å². The molecule has 1 aliphatic heterocycles. The molecular weight excluding hydrogens is 186 g/mol. The highest BCUT2D eigenvalue weighted by atomic mass is 15.1. The quantitative estimate of drug-likeness (QED) is 0.762. The Morgan fingerprint density at radius 1 is 1.47 bits per heavy atom. The predicted molar refractivity (Wildman–Crippen MR) is 59.7 cm³/mol. The minimum absolute atomic E-state index is 0.0353. The Morgan fingerprint density at radius 2 is 2.20 bits per heavy atom. The van der Waals surface area contributed by atoms with E-state index >= 15 is 0 Å². The first-order valence-corrected chi connectivity index (χ1v) is 5.98. The maximum Gasteiger partial charge on any atom is 0.112 e. The van der Waals surface area contributed by atoms with Gasteiger partial charge in [0.15, 0.2) is 0 Å². The number of nitrogens with two attached hydrogens (primary N) is 1. The first-order valence-electron chi connectivity index (χ1n) is 5.98. The monoisotopic (exact) mass is 205 g/mol. The van der Waals surface area contributed by atoms with Crippen LogP contribution in [-0.2, 0) is 12.1 Å². The number of hydrogen-bond donors (Lipinski definition) is 1. The number of aryl methyl sites for hydroxylation is 1. The second kappa shape index (κ2) is 2.85. The molecule has 3 rings (SSSR count). The van der Waals surface area contributed by atoms with Gasteiger partial charge in [0, 0.05) is 12.5 Å². The third kappa shape index (κ3) is 1.26. The van der Waals surface area contributed by atoms with Crippen LogP contribution in [-0.4, -0.2) is 9.55 Å². The van der Waals surface area contributed by atoms with Gasteiger partial charge < -0.3 is 10.3 Å². The van der Waals surface area contributed by atoms with Crippen LogP contribution in [0.4, 0.5) is 0 Å². The lowest BCUT2D eigenvalue weighted by molar-refractivity contribution is 0.442. The molecular formula is C12H19N3. The van der Waals surface area contributed by atoms with Crippen molar-refractivity contribution in [1.82, 2.24) is 9.55 Å². The molecule has 1 aromatic rings. The molecule has 1 fully saturated rings. The lowest BCUT2D eigenvalue weighted by atomic mass is 10.0. The summed E-state index contributed by atoms with van der Waals surface area (Å²) in [4.78, 5) is 4.72. The Kier molecular flexibility index (Phi) is 1.78. The molecule has 82 valence electrons. The SMILES string of the molecule is Cc1nc2n(c1C1(N)CC1)CCCC2C. The van der Waals surface area contributed by atoms with Crippen LogP contribution in [0, 0.1) is 6.92 Å². The average Bonchev–Trinajstić information content (AvgIpc) is 2.80. The summed E-state index contributed by atoms with van der Waals surface area (Å²) in [6, 6.07) is 0. The summed E-state index contributed by atoms with van der Waals surface area (Å²) in [5.74, 6) is 1.87. The maximum absolute atomic E-state index is 6.32. The van der Waals surface area contributed by atoms with Crippen LogP contribution in [0.2, 0.25) is 0 Å². The predicted octanol–water partition coefficient (Wildman–Crippen LogP) is 2.04. The number of fused-ring (bicyclic) bond motifs is 1. The van der Waals surface area contributed by atoms with E-state index in [2.05, 4.69) is 18.4 Å². The lowest BCUT2D eigenvalue weighted by Gasteiger charge is -2.23. The summed E-state index contributed by atoms with van der Waals surface area (Å²) in [7, 11) is 0.